The lowest BCUT2D eigenvalue weighted by atomic mass is 9.82. The van der Waals surface area contributed by atoms with Gasteiger partial charge in [0, 0.05) is 37.1 Å². The monoisotopic (exact) mass is 776 g/mol. The summed E-state index contributed by atoms with van der Waals surface area (Å²) < 4.78 is 28.0. The number of unbranched alkanes of at least 4 members (excludes halogenated alkanes) is 1. The topological polar surface area (TPSA) is 174 Å². The summed E-state index contributed by atoms with van der Waals surface area (Å²) in [4.78, 5) is 71.2. The van der Waals surface area contributed by atoms with Crippen LogP contribution in [0.25, 0.3) is 0 Å². The number of likely N-dealkylation sites (tertiary alicyclic amines) is 1. The number of thiophene rings is 1. The molecule has 5 atom stereocenters. The summed E-state index contributed by atoms with van der Waals surface area (Å²) in [6.07, 6.45) is 8.01. The maximum Gasteiger partial charge on any atom is 0.315 e. The fraction of sp³-hybridized carbons (Fsp3) is 0.711. The van der Waals surface area contributed by atoms with Crippen molar-refractivity contribution >= 4 is 50.9 Å². The summed E-state index contributed by atoms with van der Waals surface area (Å²) in [5, 5.41) is 13.1. The van der Waals surface area contributed by atoms with Gasteiger partial charge in [0.15, 0.2) is 0 Å². The summed E-state index contributed by atoms with van der Waals surface area (Å²) in [6.45, 7) is 16.1. The van der Waals surface area contributed by atoms with E-state index in [9.17, 15) is 32.4 Å². The van der Waals surface area contributed by atoms with Gasteiger partial charge >= 0.3 is 6.03 Å². The molecule has 1 aromatic heterocycles. The molecule has 13 nitrogen and oxygen atoms in total. The minimum absolute atomic E-state index is 0.0350. The standard InChI is InChI=1S/C38H60N6O7S2/c1-8-10-16-27(33(45)35(47)39-19-9-2)40-34(46)32-26(24(3)4)17-20-44(32)36(48)31(25-14-12-11-13-15-25)42-37(49)41-30(38(5,6)7)23-43-22-28-29(18-21-52-28)53(43,50)51/h9,18,21,24-27,30-32H,2,8,10-17,19-20,22-23H2,1,3-7H3,(H,39,47)(H,40,46)(H2,41,42,49)/t26-,27?,30-,31+,32+/m1/s1. The van der Waals surface area contributed by atoms with Crippen LogP contribution in [-0.2, 0) is 35.7 Å². The minimum Gasteiger partial charge on any atom is -0.346 e. The summed E-state index contributed by atoms with van der Waals surface area (Å²) in [5.74, 6) is -2.70. The average Bonchev–Trinajstić information content (AvgIpc) is 3.83. The van der Waals surface area contributed by atoms with Gasteiger partial charge in [-0.2, -0.15) is 4.31 Å². The van der Waals surface area contributed by atoms with Crippen LogP contribution in [-0.4, -0.2) is 91.0 Å². The Balaban J connectivity index is 1.56. The maximum absolute atomic E-state index is 14.7. The van der Waals surface area contributed by atoms with E-state index in [0.29, 0.717) is 24.3 Å². The minimum atomic E-state index is -3.69. The molecule has 15 heteroatoms. The number of Topliss-reactive ketones (excluding diaryl/α,β-unsaturated/α-hetero) is 1. The second-order valence-corrected chi connectivity index (χ2v) is 19.1. The Kier molecular flexibility index (Phi) is 14.7. The van der Waals surface area contributed by atoms with E-state index in [2.05, 4.69) is 27.8 Å². The first-order chi connectivity index (χ1) is 25.0. The molecular formula is C38H60N6O7S2. The van der Waals surface area contributed by atoms with Crippen LogP contribution in [0.4, 0.5) is 4.79 Å². The first-order valence-electron chi connectivity index (χ1n) is 19.2. The van der Waals surface area contributed by atoms with Gasteiger partial charge < -0.3 is 26.2 Å². The zero-order valence-corrected chi connectivity index (χ0v) is 33.9. The average molecular weight is 777 g/mol. The third-order valence-corrected chi connectivity index (χ3v) is 13.9. The Hall–Kier alpha value is -3.30. The van der Waals surface area contributed by atoms with Crippen molar-refractivity contribution in [3.8, 4) is 0 Å². The van der Waals surface area contributed by atoms with Crippen LogP contribution in [0.5, 0.6) is 0 Å². The van der Waals surface area contributed by atoms with Crippen molar-refractivity contribution in [1.82, 2.24) is 30.5 Å². The molecule has 4 rings (SSSR count). The fourth-order valence-electron chi connectivity index (χ4n) is 7.77. The molecule has 1 saturated heterocycles. The lowest BCUT2D eigenvalue weighted by molar-refractivity contribution is -0.144. The zero-order chi connectivity index (χ0) is 39.1. The lowest BCUT2D eigenvalue weighted by Gasteiger charge is -2.38. The highest BCUT2D eigenvalue weighted by molar-refractivity contribution is 7.89. The molecule has 2 fully saturated rings. The van der Waals surface area contributed by atoms with E-state index in [1.165, 1.54) is 21.7 Å². The van der Waals surface area contributed by atoms with Gasteiger partial charge in [0.2, 0.25) is 27.6 Å². The summed E-state index contributed by atoms with van der Waals surface area (Å²) >= 11 is 1.39. The highest BCUT2D eigenvalue weighted by Crippen LogP contribution is 2.36. The van der Waals surface area contributed by atoms with Crippen LogP contribution in [0, 0.1) is 23.2 Å². The molecule has 0 bridgehead atoms. The molecule has 3 heterocycles. The number of nitrogens with one attached hydrogen (secondary N) is 4. The Morgan fingerprint density at radius 1 is 1.04 bits per heavy atom. The van der Waals surface area contributed by atoms with Gasteiger partial charge in [-0.3, -0.25) is 19.2 Å². The molecule has 0 radical (unpaired) electrons. The fourth-order valence-corrected chi connectivity index (χ4v) is 10.7. The Morgan fingerprint density at radius 3 is 2.34 bits per heavy atom. The zero-order valence-electron chi connectivity index (χ0n) is 32.2. The van der Waals surface area contributed by atoms with Crippen LogP contribution in [0.1, 0.15) is 104 Å². The van der Waals surface area contributed by atoms with E-state index in [4.69, 9.17) is 0 Å². The van der Waals surface area contributed by atoms with Gasteiger partial charge in [-0.25, -0.2) is 13.2 Å². The molecule has 5 amide bonds. The number of hydrogen-bond acceptors (Lipinski definition) is 8. The number of rotatable bonds is 16. The van der Waals surface area contributed by atoms with E-state index in [1.54, 1.807) is 16.3 Å². The quantitative estimate of drug-likeness (QED) is 0.143. The number of fused-ring (bicyclic) bond motifs is 1. The molecule has 1 saturated carbocycles. The first kappa shape index (κ1) is 42.4. The number of amides is 5. The molecule has 2 aliphatic heterocycles. The molecule has 4 N–H and O–H groups in total. The number of hydrogen-bond donors (Lipinski definition) is 4. The van der Waals surface area contributed by atoms with Crippen LogP contribution >= 0.6 is 11.3 Å². The van der Waals surface area contributed by atoms with E-state index < -0.39 is 63.2 Å². The van der Waals surface area contributed by atoms with Gasteiger partial charge in [-0.1, -0.05) is 79.7 Å². The summed E-state index contributed by atoms with van der Waals surface area (Å²) in [7, 11) is -3.69. The molecule has 0 spiro atoms. The van der Waals surface area contributed by atoms with Crippen molar-refractivity contribution in [2.75, 3.05) is 19.6 Å². The molecular weight excluding hydrogens is 717 g/mol. The molecule has 1 aromatic rings. The van der Waals surface area contributed by atoms with Gasteiger partial charge in [-0.05, 0) is 60.3 Å². The Morgan fingerprint density at radius 2 is 1.74 bits per heavy atom. The summed E-state index contributed by atoms with van der Waals surface area (Å²) in [5.41, 5.74) is -0.524. The van der Waals surface area contributed by atoms with E-state index in [0.717, 1.165) is 43.4 Å². The Bertz CT molecular complexity index is 1600. The van der Waals surface area contributed by atoms with Crippen LogP contribution < -0.4 is 21.3 Å². The third-order valence-electron chi connectivity index (χ3n) is 11.0. The first-order valence-corrected chi connectivity index (χ1v) is 21.5. The highest BCUT2D eigenvalue weighted by atomic mass is 32.2. The number of ketones is 1. The van der Waals surface area contributed by atoms with Crippen LogP contribution in [0.3, 0.4) is 0 Å². The molecule has 1 unspecified atom stereocenters. The summed E-state index contributed by atoms with van der Waals surface area (Å²) in [6, 6.07) is -2.39. The molecule has 296 valence electrons. The van der Waals surface area contributed by atoms with Crippen molar-refractivity contribution in [3.05, 3.63) is 29.0 Å². The predicted molar refractivity (Wildman–Crippen MR) is 205 cm³/mol. The molecule has 0 aromatic carbocycles. The Labute approximate surface area is 319 Å². The van der Waals surface area contributed by atoms with Crippen molar-refractivity contribution in [3.63, 3.8) is 0 Å². The number of nitrogens with zero attached hydrogens (tertiary/aromatic N) is 2. The van der Waals surface area contributed by atoms with Crippen LogP contribution in [0.2, 0.25) is 0 Å². The van der Waals surface area contributed by atoms with Crippen molar-refractivity contribution < 1.29 is 32.4 Å². The number of sulfonamides is 1. The van der Waals surface area contributed by atoms with Gasteiger partial charge in [0.05, 0.1) is 10.9 Å². The van der Waals surface area contributed by atoms with Crippen LogP contribution in [0.15, 0.2) is 29.0 Å². The van der Waals surface area contributed by atoms with Gasteiger partial charge in [0.25, 0.3) is 5.91 Å². The second kappa shape index (κ2) is 18.4. The number of carbonyl (C=O) groups excluding carboxylic acids is 5. The molecule has 53 heavy (non-hydrogen) atoms. The molecule has 3 aliphatic rings. The maximum atomic E-state index is 14.7. The number of carbonyl (C=O) groups is 5. The normalized spacial score (nSPS) is 22.1. The van der Waals surface area contributed by atoms with Gasteiger partial charge in [-0.15, -0.1) is 17.9 Å². The van der Waals surface area contributed by atoms with Crippen molar-refractivity contribution in [1.29, 1.82) is 0 Å². The third kappa shape index (κ3) is 10.3. The number of urea groups is 1. The van der Waals surface area contributed by atoms with E-state index in [1.807, 2.05) is 41.5 Å². The van der Waals surface area contributed by atoms with E-state index in [-0.39, 0.29) is 49.7 Å². The smallest absolute Gasteiger partial charge is 0.315 e. The second-order valence-electron chi connectivity index (χ2n) is 16.2. The van der Waals surface area contributed by atoms with E-state index >= 15 is 0 Å². The lowest BCUT2D eigenvalue weighted by Crippen LogP contribution is -2.61. The van der Waals surface area contributed by atoms with Crippen molar-refractivity contribution in [2.24, 2.45) is 23.2 Å². The molecule has 1 aliphatic carbocycles. The van der Waals surface area contributed by atoms with Crippen molar-refractivity contribution in [2.45, 2.75) is 135 Å². The highest BCUT2D eigenvalue weighted by Gasteiger charge is 2.47. The SMILES string of the molecule is C=CCNC(=O)C(=O)C(CCCC)NC(=O)[C@@H]1[C@@H](C(C)C)CCN1C(=O)[C@@H](NC(=O)N[C@H](CN1Cc2sccc2S1(=O)=O)C(C)(C)C)C1CCCCC1. The largest absolute Gasteiger partial charge is 0.346 e. The predicted octanol–water partition coefficient (Wildman–Crippen LogP) is 4.33. The van der Waals surface area contributed by atoms with Gasteiger partial charge in [0.1, 0.15) is 12.1 Å².